The summed E-state index contributed by atoms with van der Waals surface area (Å²) >= 11 is 0. The van der Waals surface area contributed by atoms with Gasteiger partial charge in [0, 0.05) is 0 Å². The second kappa shape index (κ2) is 9.41. The SMILES string of the molecule is CC(=NNC(=O)C(O)(c1ccccc1)c1ccccc1)c1ccc(-c2ccccc2)cc1. The predicted octanol–water partition coefficient (Wildman–Crippen LogP) is 5.13. The van der Waals surface area contributed by atoms with Crippen LogP contribution in [0.3, 0.4) is 0 Å². The summed E-state index contributed by atoms with van der Waals surface area (Å²) in [4.78, 5) is 13.2. The Labute approximate surface area is 187 Å². The van der Waals surface area contributed by atoms with E-state index in [1.54, 1.807) is 48.5 Å². The fourth-order valence-corrected chi connectivity index (χ4v) is 3.60. The van der Waals surface area contributed by atoms with E-state index in [-0.39, 0.29) is 0 Å². The van der Waals surface area contributed by atoms with Gasteiger partial charge in [0.2, 0.25) is 0 Å². The van der Waals surface area contributed by atoms with Crippen molar-refractivity contribution in [2.24, 2.45) is 5.10 Å². The summed E-state index contributed by atoms with van der Waals surface area (Å²) in [6, 6.07) is 35.9. The highest BCUT2D eigenvalue weighted by Crippen LogP contribution is 2.30. The molecule has 0 aliphatic rings. The molecule has 0 aliphatic carbocycles. The number of nitrogens with one attached hydrogen (secondary N) is 1. The fraction of sp³-hybridized carbons (Fsp3) is 0.0714. The minimum absolute atomic E-state index is 0.476. The third-order valence-electron chi connectivity index (χ3n) is 5.45. The van der Waals surface area contributed by atoms with Gasteiger partial charge in [-0.15, -0.1) is 0 Å². The zero-order chi connectivity index (χ0) is 22.4. The average Bonchev–Trinajstić information content (AvgIpc) is 2.88. The van der Waals surface area contributed by atoms with Crippen LogP contribution in [0.1, 0.15) is 23.6 Å². The van der Waals surface area contributed by atoms with Gasteiger partial charge in [0.15, 0.2) is 5.60 Å². The van der Waals surface area contributed by atoms with Crippen molar-refractivity contribution >= 4 is 11.6 Å². The number of hydrazone groups is 1. The van der Waals surface area contributed by atoms with Crippen molar-refractivity contribution in [1.82, 2.24) is 5.43 Å². The summed E-state index contributed by atoms with van der Waals surface area (Å²) in [7, 11) is 0. The van der Waals surface area contributed by atoms with Crippen LogP contribution in [0.15, 0.2) is 120 Å². The van der Waals surface area contributed by atoms with Crippen LogP contribution in [0.5, 0.6) is 0 Å². The lowest BCUT2D eigenvalue weighted by Crippen LogP contribution is -2.43. The Morgan fingerprint density at radius 1 is 0.688 bits per heavy atom. The fourth-order valence-electron chi connectivity index (χ4n) is 3.60. The van der Waals surface area contributed by atoms with E-state index < -0.39 is 11.5 Å². The van der Waals surface area contributed by atoms with Gasteiger partial charge >= 0.3 is 0 Å². The molecule has 2 N–H and O–H groups in total. The van der Waals surface area contributed by atoms with Gasteiger partial charge in [-0.3, -0.25) is 4.79 Å². The van der Waals surface area contributed by atoms with E-state index in [9.17, 15) is 9.90 Å². The number of carbonyl (C=O) groups excluding carboxylic acids is 1. The van der Waals surface area contributed by atoms with Crippen LogP contribution in [0.4, 0.5) is 0 Å². The molecule has 1 amide bonds. The van der Waals surface area contributed by atoms with Crippen LogP contribution in [-0.2, 0) is 10.4 Å². The van der Waals surface area contributed by atoms with E-state index in [4.69, 9.17) is 0 Å². The lowest BCUT2D eigenvalue weighted by atomic mass is 9.85. The summed E-state index contributed by atoms with van der Waals surface area (Å²) in [5.74, 6) is -0.616. The topological polar surface area (TPSA) is 61.7 Å². The second-order valence-electron chi connectivity index (χ2n) is 7.52. The van der Waals surface area contributed by atoms with Crippen molar-refractivity contribution in [3.63, 3.8) is 0 Å². The molecule has 4 aromatic rings. The molecule has 0 aliphatic heterocycles. The molecule has 0 heterocycles. The first kappa shape index (κ1) is 21.2. The maximum Gasteiger partial charge on any atom is 0.281 e. The molecule has 0 radical (unpaired) electrons. The molecular weight excluding hydrogens is 396 g/mol. The van der Waals surface area contributed by atoms with Crippen molar-refractivity contribution in [3.8, 4) is 11.1 Å². The number of rotatable bonds is 6. The molecular formula is C28H24N2O2. The number of amides is 1. The van der Waals surface area contributed by atoms with E-state index in [1.807, 2.05) is 61.5 Å². The van der Waals surface area contributed by atoms with Crippen molar-refractivity contribution < 1.29 is 9.90 Å². The Morgan fingerprint density at radius 3 is 1.62 bits per heavy atom. The quantitative estimate of drug-likeness (QED) is 0.336. The number of hydrogen-bond donors (Lipinski definition) is 2. The van der Waals surface area contributed by atoms with E-state index in [1.165, 1.54) is 0 Å². The van der Waals surface area contributed by atoms with Crippen molar-refractivity contribution in [2.75, 3.05) is 0 Å². The van der Waals surface area contributed by atoms with Gasteiger partial charge in [0.1, 0.15) is 0 Å². The monoisotopic (exact) mass is 420 g/mol. The Hall–Kier alpha value is -4.02. The number of nitrogens with zero attached hydrogens (tertiary/aromatic N) is 1. The molecule has 32 heavy (non-hydrogen) atoms. The molecule has 0 saturated carbocycles. The summed E-state index contributed by atoms with van der Waals surface area (Å²) in [5.41, 5.74) is 5.42. The first-order chi connectivity index (χ1) is 15.6. The zero-order valence-electron chi connectivity index (χ0n) is 17.8. The number of benzene rings is 4. The molecule has 0 bridgehead atoms. The standard InChI is InChI=1S/C28H24N2O2/c1-21(22-17-19-24(20-18-22)23-11-5-2-6-12-23)29-30-27(31)28(32,25-13-7-3-8-14-25)26-15-9-4-10-16-26/h2-20,32H,1H3,(H,30,31). The van der Waals surface area contributed by atoms with Crippen molar-refractivity contribution in [3.05, 3.63) is 132 Å². The number of carbonyl (C=O) groups is 1. The smallest absolute Gasteiger partial charge is 0.281 e. The molecule has 0 atom stereocenters. The molecule has 4 nitrogen and oxygen atoms in total. The molecule has 0 fully saturated rings. The molecule has 0 saturated heterocycles. The molecule has 0 aromatic heterocycles. The van der Waals surface area contributed by atoms with Crippen LogP contribution in [0.25, 0.3) is 11.1 Å². The average molecular weight is 421 g/mol. The zero-order valence-corrected chi connectivity index (χ0v) is 17.8. The van der Waals surface area contributed by atoms with E-state index in [2.05, 4.69) is 22.7 Å². The normalized spacial score (nSPS) is 11.8. The second-order valence-corrected chi connectivity index (χ2v) is 7.52. The maximum atomic E-state index is 13.2. The lowest BCUT2D eigenvalue weighted by molar-refractivity contribution is -0.136. The van der Waals surface area contributed by atoms with Gasteiger partial charge in [0.25, 0.3) is 5.91 Å². The highest BCUT2D eigenvalue weighted by molar-refractivity contribution is 6.00. The van der Waals surface area contributed by atoms with Crippen LogP contribution < -0.4 is 5.43 Å². The van der Waals surface area contributed by atoms with Gasteiger partial charge in [0.05, 0.1) is 5.71 Å². The van der Waals surface area contributed by atoms with Gasteiger partial charge < -0.3 is 5.11 Å². The maximum absolute atomic E-state index is 13.2. The summed E-state index contributed by atoms with van der Waals surface area (Å²) in [5, 5.41) is 15.8. The lowest BCUT2D eigenvalue weighted by Gasteiger charge is -2.27. The first-order valence-corrected chi connectivity index (χ1v) is 10.4. The molecule has 4 rings (SSSR count). The Balaban J connectivity index is 1.57. The minimum atomic E-state index is -1.86. The first-order valence-electron chi connectivity index (χ1n) is 10.4. The van der Waals surface area contributed by atoms with E-state index >= 15 is 0 Å². The predicted molar refractivity (Wildman–Crippen MR) is 128 cm³/mol. The van der Waals surface area contributed by atoms with E-state index in [0.29, 0.717) is 16.8 Å². The van der Waals surface area contributed by atoms with Gasteiger partial charge in [-0.05, 0) is 34.7 Å². The molecule has 158 valence electrons. The highest BCUT2D eigenvalue weighted by Gasteiger charge is 2.39. The van der Waals surface area contributed by atoms with E-state index in [0.717, 1.165) is 16.7 Å². The van der Waals surface area contributed by atoms with Crippen LogP contribution in [0, 0.1) is 0 Å². The van der Waals surface area contributed by atoms with Crippen LogP contribution in [0.2, 0.25) is 0 Å². The molecule has 0 unspecified atom stereocenters. The highest BCUT2D eigenvalue weighted by atomic mass is 16.3. The van der Waals surface area contributed by atoms with Gasteiger partial charge in [-0.25, -0.2) is 5.43 Å². The third kappa shape index (κ3) is 4.36. The van der Waals surface area contributed by atoms with Gasteiger partial charge in [-0.2, -0.15) is 5.10 Å². The van der Waals surface area contributed by atoms with Crippen LogP contribution >= 0.6 is 0 Å². The Bertz CT molecular complexity index is 1160. The van der Waals surface area contributed by atoms with Gasteiger partial charge in [-0.1, -0.05) is 115 Å². The summed E-state index contributed by atoms with van der Waals surface area (Å²) in [6.45, 7) is 1.82. The molecule has 4 heteroatoms. The minimum Gasteiger partial charge on any atom is -0.372 e. The van der Waals surface area contributed by atoms with Crippen LogP contribution in [-0.4, -0.2) is 16.7 Å². The largest absolute Gasteiger partial charge is 0.372 e. The summed E-state index contributed by atoms with van der Waals surface area (Å²) < 4.78 is 0. The summed E-state index contributed by atoms with van der Waals surface area (Å²) in [6.07, 6.45) is 0. The molecule has 0 spiro atoms. The Kier molecular flexibility index (Phi) is 6.24. The molecule has 4 aromatic carbocycles. The third-order valence-corrected chi connectivity index (χ3v) is 5.45. The number of hydrogen-bond acceptors (Lipinski definition) is 3. The Morgan fingerprint density at radius 2 is 1.12 bits per heavy atom. The van der Waals surface area contributed by atoms with Crippen molar-refractivity contribution in [2.45, 2.75) is 12.5 Å². The number of aliphatic hydroxyl groups is 1. The van der Waals surface area contributed by atoms with Crippen molar-refractivity contribution in [1.29, 1.82) is 0 Å².